The molecule has 0 aliphatic carbocycles. The minimum absolute atomic E-state index is 0.0901. The van der Waals surface area contributed by atoms with Crippen molar-refractivity contribution in [1.82, 2.24) is 15.5 Å². The standard InChI is InChI=1S/C17H23N3O2/c1-12-5-3-4-6-13(12)11-17(14-7-9-18-10-8-14)15(21)20(2)16(22)19-17/h3-6,14,18H,7-11H2,1-2H3,(H,19,22). The molecule has 0 spiro atoms. The Morgan fingerprint density at radius 2 is 1.91 bits per heavy atom. The van der Waals surface area contributed by atoms with Gasteiger partial charge >= 0.3 is 6.03 Å². The van der Waals surface area contributed by atoms with Crippen LogP contribution >= 0.6 is 0 Å². The quantitative estimate of drug-likeness (QED) is 0.831. The van der Waals surface area contributed by atoms with Gasteiger partial charge in [-0.15, -0.1) is 0 Å². The number of urea groups is 1. The van der Waals surface area contributed by atoms with Crippen LogP contribution in [0.15, 0.2) is 24.3 Å². The summed E-state index contributed by atoms with van der Waals surface area (Å²) in [6, 6.07) is 7.81. The molecule has 2 N–H and O–H groups in total. The topological polar surface area (TPSA) is 61.4 Å². The Morgan fingerprint density at radius 1 is 1.23 bits per heavy atom. The van der Waals surface area contributed by atoms with Crippen molar-refractivity contribution in [3.8, 4) is 0 Å². The zero-order chi connectivity index (χ0) is 15.7. The van der Waals surface area contributed by atoms with Crippen LogP contribution in [-0.4, -0.2) is 42.5 Å². The van der Waals surface area contributed by atoms with Gasteiger partial charge in [-0.2, -0.15) is 0 Å². The number of aryl methyl sites for hydroxylation is 1. The van der Waals surface area contributed by atoms with E-state index in [0.717, 1.165) is 37.1 Å². The highest BCUT2D eigenvalue weighted by molar-refractivity contribution is 6.07. The van der Waals surface area contributed by atoms with E-state index >= 15 is 0 Å². The normalized spacial score (nSPS) is 26.4. The van der Waals surface area contributed by atoms with E-state index in [1.807, 2.05) is 12.1 Å². The smallest absolute Gasteiger partial charge is 0.322 e. The van der Waals surface area contributed by atoms with E-state index in [4.69, 9.17) is 0 Å². The third-order valence-electron chi connectivity index (χ3n) is 5.09. The lowest BCUT2D eigenvalue weighted by Gasteiger charge is -2.38. The fraction of sp³-hybridized carbons (Fsp3) is 0.529. The van der Waals surface area contributed by atoms with E-state index in [9.17, 15) is 9.59 Å². The van der Waals surface area contributed by atoms with Crippen LogP contribution in [0.25, 0.3) is 0 Å². The lowest BCUT2D eigenvalue weighted by atomic mass is 9.73. The predicted molar refractivity (Wildman–Crippen MR) is 84.5 cm³/mol. The van der Waals surface area contributed by atoms with Crippen LogP contribution in [0.4, 0.5) is 4.79 Å². The van der Waals surface area contributed by atoms with Crippen LogP contribution in [0.2, 0.25) is 0 Å². The summed E-state index contributed by atoms with van der Waals surface area (Å²) in [5, 5.41) is 6.35. The molecule has 3 rings (SSSR count). The third-order valence-corrected chi connectivity index (χ3v) is 5.09. The van der Waals surface area contributed by atoms with E-state index in [1.54, 1.807) is 7.05 Å². The second-order valence-corrected chi connectivity index (χ2v) is 6.39. The van der Waals surface area contributed by atoms with E-state index in [2.05, 4.69) is 29.7 Å². The molecular weight excluding hydrogens is 278 g/mol. The van der Waals surface area contributed by atoms with E-state index in [0.29, 0.717) is 6.42 Å². The Morgan fingerprint density at radius 3 is 2.50 bits per heavy atom. The first kappa shape index (κ1) is 15.0. The molecule has 2 aliphatic rings. The van der Waals surface area contributed by atoms with Crippen molar-refractivity contribution in [3.05, 3.63) is 35.4 Å². The molecule has 5 nitrogen and oxygen atoms in total. The number of nitrogens with one attached hydrogen (secondary N) is 2. The maximum Gasteiger partial charge on any atom is 0.324 e. The molecule has 5 heteroatoms. The van der Waals surface area contributed by atoms with Gasteiger partial charge in [0.1, 0.15) is 5.54 Å². The Balaban J connectivity index is 1.98. The molecule has 0 saturated carbocycles. The molecule has 2 aliphatic heterocycles. The molecule has 1 aromatic carbocycles. The molecule has 0 radical (unpaired) electrons. The van der Waals surface area contributed by atoms with E-state index in [-0.39, 0.29) is 17.9 Å². The molecule has 2 heterocycles. The summed E-state index contributed by atoms with van der Waals surface area (Å²) in [5.41, 5.74) is 1.50. The highest BCUT2D eigenvalue weighted by atomic mass is 16.2. The third kappa shape index (κ3) is 2.39. The molecule has 2 fully saturated rings. The molecule has 1 unspecified atom stereocenters. The number of carbonyl (C=O) groups is 2. The lowest BCUT2D eigenvalue weighted by molar-refractivity contribution is -0.132. The van der Waals surface area contributed by atoms with Gasteiger partial charge in [0.05, 0.1) is 0 Å². The Labute approximate surface area is 131 Å². The molecular formula is C17H23N3O2. The summed E-state index contributed by atoms with van der Waals surface area (Å²) in [4.78, 5) is 26.2. The van der Waals surface area contributed by atoms with Gasteiger partial charge in [-0.3, -0.25) is 9.69 Å². The molecule has 0 bridgehead atoms. The molecule has 0 aromatic heterocycles. The number of carbonyl (C=O) groups excluding carboxylic acids is 2. The first-order chi connectivity index (χ1) is 10.5. The van der Waals surface area contributed by atoms with Gasteiger partial charge in [0.25, 0.3) is 5.91 Å². The summed E-state index contributed by atoms with van der Waals surface area (Å²) in [5.74, 6) is 0.0856. The average molecular weight is 301 g/mol. The summed E-state index contributed by atoms with van der Waals surface area (Å²) >= 11 is 0. The van der Waals surface area contributed by atoms with Gasteiger partial charge in [0, 0.05) is 13.5 Å². The maximum atomic E-state index is 12.9. The van der Waals surface area contributed by atoms with Crippen LogP contribution < -0.4 is 10.6 Å². The van der Waals surface area contributed by atoms with Gasteiger partial charge in [0.15, 0.2) is 0 Å². The zero-order valence-corrected chi connectivity index (χ0v) is 13.2. The molecule has 1 aromatic rings. The lowest BCUT2D eigenvalue weighted by Crippen LogP contribution is -2.57. The first-order valence-corrected chi connectivity index (χ1v) is 7.90. The van der Waals surface area contributed by atoms with E-state index in [1.165, 1.54) is 4.90 Å². The number of rotatable bonds is 3. The van der Waals surface area contributed by atoms with Crippen LogP contribution in [-0.2, 0) is 11.2 Å². The minimum Gasteiger partial charge on any atom is -0.322 e. The summed E-state index contributed by atoms with van der Waals surface area (Å²) in [6.45, 7) is 3.84. The fourth-order valence-corrected chi connectivity index (χ4v) is 3.68. The van der Waals surface area contributed by atoms with Crippen LogP contribution in [0.5, 0.6) is 0 Å². The van der Waals surface area contributed by atoms with Crippen molar-refractivity contribution in [3.63, 3.8) is 0 Å². The number of hydrogen-bond acceptors (Lipinski definition) is 3. The number of benzene rings is 1. The van der Waals surface area contributed by atoms with Gasteiger partial charge < -0.3 is 10.6 Å². The largest absolute Gasteiger partial charge is 0.324 e. The zero-order valence-electron chi connectivity index (χ0n) is 13.2. The summed E-state index contributed by atoms with van der Waals surface area (Å²) < 4.78 is 0. The van der Waals surface area contributed by atoms with Crippen LogP contribution in [0.3, 0.4) is 0 Å². The second-order valence-electron chi connectivity index (χ2n) is 6.39. The number of amides is 3. The summed E-state index contributed by atoms with van der Waals surface area (Å²) in [7, 11) is 1.57. The van der Waals surface area contributed by atoms with Crippen molar-refractivity contribution in [1.29, 1.82) is 0 Å². The number of likely N-dealkylation sites (N-methyl/N-ethyl adjacent to an activating group) is 1. The molecule has 3 amide bonds. The van der Waals surface area contributed by atoms with Crippen molar-refractivity contribution >= 4 is 11.9 Å². The maximum absolute atomic E-state index is 12.9. The highest BCUT2D eigenvalue weighted by Gasteiger charge is 2.54. The van der Waals surface area contributed by atoms with Crippen molar-refractivity contribution in [2.24, 2.45) is 5.92 Å². The van der Waals surface area contributed by atoms with E-state index < -0.39 is 5.54 Å². The van der Waals surface area contributed by atoms with Gasteiger partial charge in [-0.05, 0) is 49.9 Å². The SMILES string of the molecule is Cc1ccccc1CC1(C2CCNCC2)NC(=O)N(C)C1=O. The van der Waals surface area contributed by atoms with Crippen molar-refractivity contribution in [2.45, 2.75) is 31.7 Å². The van der Waals surface area contributed by atoms with Gasteiger partial charge in [-0.25, -0.2) is 4.79 Å². The Kier molecular flexibility index (Phi) is 3.91. The number of hydrogen-bond donors (Lipinski definition) is 2. The Hall–Kier alpha value is -1.88. The first-order valence-electron chi connectivity index (χ1n) is 7.90. The predicted octanol–water partition coefficient (Wildman–Crippen LogP) is 1.46. The number of piperidine rings is 1. The second kappa shape index (κ2) is 5.72. The summed E-state index contributed by atoms with van der Waals surface area (Å²) in [6.07, 6.45) is 2.39. The molecule has 118 valence electrons. The monoisotopic (exact) mass is 301 g/mol. The highest BCUT2D eigenvalue weighted by Crippen LogP contribution is 2.35. The minimum atomic E-state index is -0.792. The molecule has 2 saturated heterocycles. The van der Waals surface area contributed by atoms with Crippen molar-refractivity contribution < 1.29 is 9.59 Å². The Bertz CT molecular complexity index is 595. The molecule has 22 heavy (non-hydrogen) atoms. The van der Waals surface area contributed by atoms with Gasteiger partial charge in [-0.1, -0.05) is 24.3 Å². The number of imide groups is 1. The molecule has 1 atom stereocenters. The average Bonchev–Trinajstić information content (AvgIpc) is 2.76. The fourth-order valence-electron chi connectivity index (χ4n) is 3.68. The van der Waals surface area contributed by atoms with Gasteiger partial charge in [0.2, 0.25) is 0 Å². The van der Waals surface area contributed by atoms with Crippen LogP contribution in [0.1, 0.15) is 24.0 Å². The number of nitrogens with zero attached hydrogens (tertiary/aromatic N) is 1. The van der Waals surface area contributed by atoms with Crippen molar-refractivity contribution in [2.75, 3.05) is 20.1 Å². The van der Waals surface area contributed by atoms with Crippen LogP contribution in [0, 0.1) is 12.8 Å².